The van der Waals surface area contributed by atoms with E-state index in [4.69, 9.17) is 4.74 Å². The molecule has 3 aromatic rings. The number of carbonyl (C=O) groups is 1. The maximum atomic E-state index is 13.0. The van der Waals surface area contributed by atoms with Crippen LogP contribution in [0.2, 0.25) is 0 Å². The van der Waals surface area contributed by atoms with Gasteiger partial charge in [0.1, 0.15) is 5.75 Å². The third-order valence-corrected chi connectivity index (χ3v) is 7.94. The lowest BCUT2D eigenvalue weighted by atomic mass is 9.99. The van der Waals surface area contributed by atoms with Gasteiger partial charge in [-0.2, -0.15) is 0 Å². The summed E-state index contributed by atoms with van der Waals surface area (Å²) in [7, 11) is -3.48. The largest absolute Gasteiger partial charge is 0.478 e. The molecule has 0 aromatic heterocycles. The van der Waals surface area contributed by atoms with Crippen LogP contribution in [0, 0.1) is 0 Å². The van der Waals surface area contributed by atoms with Crippen molar-refractivity contribution in [2.75, 3.05) is 23.7 Å². The number of rotatable bonds is 6. The maximum Gasteiger partial charge on any atom is 0.261 e. The van der Waals surface area contributed by atoms with Gasteiger partial charge in [0.05, 0.1) is 11.9 Å². The van der Waals surface area contributed by atoms with E-state index in [2.05, 4.69) is 46.6 Å². The molecule has 1 unspecified atom stereocenters. The van der Waals surface area contributed by atoms with Gasteiger partial charge in [-0.15, -0.1) is 0 Å². The molecule has 0 saturated heterocycles. The Morgan fingerprint density at radius 3 is 2.56 bits per heavy atom. The van der Waals surface area contributed by atoms with E-state index in [0.717, 1.165) is 31.6 Å². The highest BCUT2D eigenvalue weighted by molar-refractivity contribution is 7.92. The Hall–Kier alpha value is -3.36. The number of nitrogens with one attached hydrogen (secondary N) is 1. The number of para-hydroxylation sites is 2. The molecule has 0 radical (unpaired) electrons. The van der Waals surface area contributed by atoms with Gasteiger partial charge < -0.3 is 10.1 Å². The minimum absolute atomic E-state index is 0.183. The zero-order valence-corrected chi connectivity index (χ0v) is 21.2. The second-order valence-electron chi connectivity index (χ2n) is 9.47. The van der Waals surface area contributed by atoms with Gasteiger partial charge in [0.15, 0.2) is 6.10 Å². The molecule has 36 heavy (non-hydrogen) atoms. The predicted octanol–water partition coefficient (Wildman–Crippen LogP) is 3.48. The van der Waals surface area contributed by atoms with Crippen LogP contribution in [0.15, 0.2) is 72.8 Å². The van der Waals surface area contributed by atoms with Crippen molar-refractivity contribution in [1.82, 2.24) is 10.2 Å². The molecule has 1 atom stereocenters. The first-order chi connectivity index (χ1) is 17.4. The van der Waals surface area contributed by atoms with Crippen LogP contribution in [-0.4, -0.2) is 44.7 Å². The highest BCUT2D eigenvalue weighted by Crippen LogP contribution is 2.33. The molecule has 0 fully saturated rings. The second kappa shape index (κ2) is 10.3. The molecule has 2 aliphatic rings. The predicted molar refractivity (Wildman–Crippen MR) is 140 cm³/mol. The molecular formula is C28H31N3O4S. The molecule has 5 rings (SSSR count). The Morgan fingerprint density at radius 2 is 1.72 bits per heavy atom. The maximum absolute atomic E-state index is 13.0. The van der Waals surface area contributed by atoms with Crippen LogP contribution in [0.1, 0.15) is 28.7 Å². The van der Waals surface area contributed by atoms with E-state index in [9.17, 15) is 13.2 Å². The average molecular weight is 506 g/mol. The number of amides is 1. The van der Waals surface area contributed by atoms with E-state index in [1.807, 2.05) is 12.1 Å². The normalized spacial score (nSPS) is 17.9. The van der Waals surface area contributed by atoms with Gasteiger partial charge in [0.2, 0.25) is 10.0 Å². The minimum atomic E-state index is -3.48. The fraction of sp³-hybridized carbons (Fsp3) is 0.321. The first kappa shape index (κ1) is 24.3. The van der Waals surface area contributed by atoms with Crippen LogP contribution in [0.3, 0.4) is 0 Å². The molecule has 2 heterocycles. The lowest BCUT2D eigenvalue weighted by Gasteiger charge is -2.28. The SMILES string of the molecule is CS(=O)(=O)N1CCC(C(=O)NCc2cccc(CN3CCc4ccccc4C3)c2)Oc2ccccc21. The van der Waals surface area contributed by atoms with Crippen molar-refractivity contribution in [1.29, 1.82) is 0 Å². The van der Waals surface area contributed by atoms with E-state index in [-0.39, 0.29) is 18.9 Å². The summed E-state index contributed by atoms with van der Waals surface area (Å²) in [5.41, 5.74) is 5.53. The second-order valence-corrected chi connectivity index (χ2v) is 11.4. The van der Waals surface area contributed by atoms with Crippen molar-refractivity contribution in [3.05, 3.63) is 95.1 Å². The standard InChI is InChI=1S/C28H31N3O4S/c1-36(33,34)31-16-14-27(35-26-12-5-4-11-25(26)31)28(32)29-18-21-7-6-8-22(17-21)19-30-15-13-23-9-2-3-10-24(23)20-30/h2-12,17,27H,13-16,18-20H2,1H3,(H,29,32). The van der Waals surface area contributed by atoms with E-state index < -0.39 is 16.1 Å². The lowest BCUT2D eigenvalue weighted by Crippen LogP contribution is -2.39. The van der Waals surface area contributed by atoms with Crippen molar-refractivity contribution >= 4 is 21.6 Å². The molecule has 8 heteroatoms. The lowest BCUT2D eigenvalue weighted by molar-refractivity contribution is -0.128. The minimum Gasteiger partial charge on any atom is -0.478 e. The molecule has 7 nitrogen and oxygen atoms in total. The molecule has 2 aliphatic heterocycles. The number of hydrogen-bond acceptors (Lipinski definition) is 5. The number of carbonyl (C=O) groups excluding carboxylic acids is 1. The Morgan fingerprint density at radius 1 is 0.972 bits per heavy atom. The van der Waals surface area contributed by atoms with Gasteiger partial charge in [-0.25, -0.2) is 8.42 Å². The fourth-order valence-electron chi connectivity index (χ4n) is 4.95. The molecule has 0 bridgehead atoms. The molecule has 0 saturated carbocycles. The zero-order valence-electron chi connectivity index (χ0n) is 20.4. The number of hydrogen-bond donors (Lipinski definition) is 1. The van der Waals surface area contributed by atoms with Crippen LogP contribution < -0.4 is 14.4 Å². The van der Waals surface area contributed by atoms with E-state index in [1.165, 1.54) is 27.3 Å². The van der Waals surface area contributed by atoms with E-state index >= 15 is 0 Å². The van der Waals surface area contributed by atoms with Crippen molar-refractivity contribution in [2.45, 2.75) is 38.6 Å². The Bertz CT molecular complexity index is 1360. The third kappa shape index (κ3) is 5.55. The number of sulfonamides is 1. The summed E-state index contributed by atoms with van der Waals surface area (Å²) in [6.45, 7) is 3.40. The zero-order chi connectivity index (χ0) is 25.1. The third-order valence-electron chi connectivity index (χ3n) is 6.76. The first-order valence-electron chi connectivity index (χ1n) is 12.2. The fourth-order valence-corrected chi connectivity index (χ4v) is 5.89. The van der Waals surface area contributed by atoms with Crippen LogP contribution in [0.25, 0.3) is 0 Å². The van der Waals surface area contributed by atoms with Crippen molar-refractivity contribution in [3.8, 4) is 5.75 Å². The number of anilines is 1. The summed E-state index contributed by atoms with van der Waals surface area (Å²) >= 11 is 0. The van der Waals surface area contributed by atoms with Gasteiger partial charge in [0.25, 0.3) is 5.91 Å². The number of nitrogens with zero attached hydrogens (tertiary/aromatic N) is 2. The van der Waals surface area contributed by atoms with Gasteiger partial charge >= 0.3 is 0 Å². The summed E-state index contributed by atoms with van der Waals surface area (Å²) < 4.78 is 31.8. The molecule has 3 aromatic carbocycles. The first-order valence-corrected chi connectivity index (χ1v) is 14.1. The average Bonchev–Trinajstić information content (AvgIpc) is 3.07. The van der Waals surface area contributed by atoms with Crippen LogP contribution >= 0.6 is 0 Å². The molecule has 188 valence electrons. The van der Waals surface area contributed by atoms with Crippen LogP contribution in [0.4, 0.5) is 5.69 Å². The van der Waals surface area contributed by atoms with Crippen LogP contribution in [-0.2, 0) is 40.9 Å². The number of ether oxygens (including phenoxy) is 1. The Kier molecular flexibility index (Phi) is 6.98. The molecule has 1 amide bonds. The van der Waals surface area contributed by atoms with Gasteiger partial charge in [-0.1, -0.05) is 60.7 Å². The highest BCUT2D eigenvalue weighted by atomic mass is 32.2. The Balaban J connectivity index is 1.21. The summed E-state index contributed by atoms with van der Waals surface area (Å²) in [5, 5.41) is 2.98. The van der Waals surface area contributed by atoms with Crippen molar-refractivity contribution in [3.63, 3.8) is 0 Å². The number of fused-ring (bicyclic) bond motifs is 2. The molecule has 1 N–H and O–H groups in total. The van der Waals surface area contributed by atoms with Gasteiger partial charge in [-0.3, -0.25) is 14.0 Å². The summed E-state index contributed by atoms with van der Waals surface area (Å²) in [5.74, 6) is 0.142. The van der Waals surface area contributed by atoms with Gasteiger partial charge in [-0.05, 0) is 40.8 Å². The topological polar surface area (TPSA) is 79.0 Å². The summed E-state index contributed by atoms with van der Waals surface area (Å²) in [6, 6.07) is 23.8. The summed E-state index contributed by atoms with van der Waals surface area (Å²) in [6.07, 6.45) is 1.73. The molecular weight excluding hydrogens is 474 g/mol. The molecule has 0 aliphatic carbocycles. The van der Waals surface area contributed by atoms with Gasteiger partial charge in [0, 0.05) is 39.1 Å². The number of benzene rings is 3. The Labute approximate surface area is 212 Å². The molecule has 0 spiro atoms. The summed E-state index contributed by atoms with van der Waals surface area (Å²) in [4.78, 5) is 15.4. The highest BCUT2D eigenvalue weighted by Gasteiger charge is 2.30. The smallest absolute Gasteiger partial charge is 0.261 e. The van der Waals surface area contributed by atoms with Crippen LogP contribution in [0.5, 0.6) is 5.75 Å². The van der Waals surface area contributed by atoms with Crippen molar-refractivity contribution in [2.24, 2.45) is 0 Å². The van der Waals surface area contributed by atoms with E-state index in [1.54, 1.807) is 24.3 Å². The quantitative estimate of drug-likeness (QED) is 0.555. The monoisotopic (exact) mass is 505 g/mol. The van der Waals surface area contributed by atoms with E-state index in [0.29, 0.717) is 18.0 Å². The van der Waals surface area contributed by atoms with Crippen molar-refractivity contribution < 1.29 is 17.9 Å².